The van der Waals surface area contributed by atoms with Crippen LogP contribution in [0, 0.1) is 0 Å². The number of guanidine groups is 1. The average Bonchev–Trinajstić information content (AvgIpc) is 3.19. The summed E-state index contributed by atoms with van der Waals surface area (Å²) < 4.78 is 11.2. The summed E-state index contributed by atoms with van der Waals surface area (Å²) in [5.41, 5.74) is 2.92. The van der Waals surface area contributed by atoms with Crippen molar-refractivity contribution in [3.05, 3.63) is 72.1 Å². The Morgan fingerprint density at radius 3 is 2.38 bits per heavy atom. The van der Waals surface area contributed by atoms with Gasteiger partial charge in [0.15, 0.2) is 5.96 Å². The van der Waals surface area contributed by atoms with Crippen LogP contribution in [0.3, 0.4) is 0 Å². The number of benzene rings is 2. The van der Waals surface area contributed by atoms with E-state index in [9.17, 15) is 0 Å². The van der Waals surface area contributed by atoms with Gasteiger partial charge < -0.3 is 19.8 Å². The van der Waals surface area contributed by atoms with E-state index < -0.39 is 0 Å². The zero-order chi connectivity index (χ0) is 19.8. The first-order valence-electron chi connectivity index (χ1n) is 9.34. The molecule has 0 bridgehead atoms. The Labute approximate surface area is 188 Å². The second-order valence-electron chi connectivity index (χ2n) is 6.60. The molecule has 154 valence electrons. The van der Waals surface area contributed by atoms with Crippen LogP contribution in [-0.2, 0) is 13.1 Å². The van der Waals surface area contributed by atoms with E-state index in [0.29, 0.717) is 24.9 Å². The maximum absolute atomic E-state index is 5.67. The normalized spacial score (nSPS) is 11.1. The van der Waals surface area contributed by atoms with Gasteiger partial charge in [-0.2, -0.15) is 0 Å². The molecule has 0 saturated heterocycles. The van der Waals surface area contributed by atoms with E-state index in [0.717, 1.165) is 22.6 Å². The van der Waals surface area contributed by atoms with Crippen LogP contribution >= 0.6 is 24.0 Å². The Morgan fingerprint density at radius 2 is 1.72 bits per heavy atom. The first-order valence-corrected chi connectivity index (χ1v) is 9.34. The van der Waals surface area contributed by atoms with E-state index >= 15 is 0 Å². The fourth-order valence-electron chi connectivity index (χ4n) is 2.64. The minimum Gasteiger partial charge on any atom is -0.491 e. The van der Waals surface area contributed by atoms with Crippen molar-refractivity contribution in [3.8, 4) is 17.2 Å². The molecule has 0 aliphatic heterocycles. The van der Waals surface area contributed by atoms with Gasteiger partial charge in [0.25, 0.3) is 0 Å². The van der Waals surface area contributed by atoms with Crippen LogP contribution in [0.2, 0.25) is 0 Å². The zero-order valence-corrected chi connectivity index (χ0v) is 19.2. The lowest BCUT2D eigenvalue weighted by Gasteiger charge is -2.12. The van der Waals surface area contributed by atoms with Gasteiger partial charge in [-0.05, 0) is 43.7 Å². The Balaban J connectivity index is 0.00000300. The number of hydrogen-bond acceptors (Lipinski definition) is 4. The Bertz CT molecular complexity index is 893. The molecule has 0 amide bonds. The van der Waals surface area contributed by atoms with Gasteiger partial charge in [0.1, 0.15) is 12.0 Å². The average molecular weight is 506 g/mol. The summed E-state index contributed by atoms with van der Waals surface area (Å²) in [6, 6.07) is 17.9. The summed E-state index contributed by atoms with van der Waals surface area (Å²) in [5.74, 6) is 2.19. The lowest BCUT2D eigenvalue weighted by molar-refractivity contribution is 0.242. The molecule has 0 unspecified atom stereocenters. The van der Waals surface area contributed by atoms with E-state index in [4.69, 9.17) is 9.15 Å². The number of aliphatic imine (C=N–C) groups is 1. The lowest BCUT2D eigenvalue weighted by Crippen LogP contribution is -2.36. The molecular formula is C22H27IN4O2. The van der Waals surface area contributed by atoms with Crippen LogP contribution in [0.4, 0.5) is 0 Å². The summed E-state index contributed by atoms with van der Waals surface area (Å²) in [6.45, 7) is 5.22. The first-order chi connectivity index (χ1) is 13.6. The molecule has 29 heavy (non-hydrogen) atoms. The van der Waals surface area contributed by atoms with Crippen molar-refractivity contribution in [2.45, 2.75) is 33.0 Å². The van der Waals surface area contributed by atoms with Gasteiger partial charge in [-0.25, -0.2) is 4.98 Å². The predicted octanol–water partition coefficient (Wildman–Crippen LogP) is 4.61. The Morgan fingerprint density at radius 1 is 1.03 bits per heavy atom. The van der Waals surface area contributed by atoms with Crippen LogP contribution in [0.1, 0.15) is 25.1 Å². The van der Waals surface area contributed by atoms with Gasteiger partial charge >= 0.3 is 0 Å². The van der Waals surface area contributed by atoms with Crippen LogP contribution in [-0.4, -0.2) is 24.1 Å². The monoisotopic (exact) mass is 506 g/mol. The first kappa shape index (κ1) is 22.7. The van der Waals surface area contributed by atoms with Crippen LogP contribution < -0.4 is 15.4 Å². The Kier molecular flexibility index (Phi) is 8.98. The molecule has 1 heterocycles. The van der Waals surface area contributed by atoms with Gasteiger partial charge in [-0.15, -0.1) is 24.0 Å². The van der Waals surface area contributed by atoms with Crippen molar-refractivity contribution in [1.82, 2.24) is 15.6 Å². The fourth-order valence-corrected chi connectivity index (χ4v) is 2.64. The number of halogens is 1. The van der Waals surface area contributed by atoms with Gasteiger partial charge in [0.2, 0.25) is 5.89 Å². The molecule has 0 saturated carbocycles. The second kappa shape index (κ2) is 11.5. The SMILES string of the molecule is CN=C(NCc1ccc(OC(C)C)cc1)NCc1coc(-c2ccccc2)n1.I. The van der Waals surface area contributed by atoms with Crippen molar-refractivity contribution < 1.29 is 9.15 Å². The third kappa shape index (κ3) is 7.08. The molecule has 0 aliphatic rings. The molecule has 0 aliphatic carbocycles. The zero-order valence-electron chi connectivity index (χ0n) is 16.9. The molecule has 0 fully saturated rings. The summed E-state index contributed by atoms with van der Waals surface area (Å²) in [4.78, 5) is 8.76. The maximum Gasteiger partial charge on any atom is 0.226 e. The van der Waals surface area contributed by atoms with Crippen molar-refractivity contribution in [1.29, 1.82) is 0 Å². The fraction of sp³-hybridized carbons (Fsp3) is 0.273. The summed E-state index contributed by atoms with van der Waals surface area (Å²) >= 11 is 0. The molecule has 0 atom stereocenters. The molecule has 7 heteroatoms. The molecule has 3 aromatic rings. The molecule has 0 radical (unpaired) electrons. The molecular weight excluding hydrogens is 479 g/mol. The highest BCUT2D eigenvalue weighted by atomic mass is 127. The second-order valence-corrected chi connectivity index (χ2v) is 6.60. The molecule has 6 nitrogen and oxygen atoms in total. The number of nitrogens with zero attached hydrogens (tertiary/aromatic N) is 2. The number of hydrogen-bond donors (Lipinski definition) is 2. The Hall–Kier alpha value is -2.55. The summed E-state index contributed by atoms with van der Waals surface area (Å²) in [6.07, 6.45) is 1.83. The lowest BCUT2D eigenvalue weighted by atomic mass is 10.2. The highest BCUT2D eigenvalue weighted by Crippen LogP contribution is 2.17. The van der Waals surface area contributed by atoms with Gasteiger partial charge in [-0.1, -0.05) is 30.3 Å². The van der Waals surface area contributed by atoms with Crippen LogP contribution in [0.25, 0.3) is 11.5 Å². The van der Waals surface area contributed by atoms with Gasteiger partial charge in [-0.3, -0.25) is 4.99 Å². The van der Waals surface area contributed by atoms with E-state index in [1.165, 1.54) is 0 Å². The third-order valence-corrected chi connectivity index (χ3v) is 3.99. The maximum atomic E-state index is 5.67. The van der Waals surface area contributed by atoms with E-state index in [-0.39, 0.29) is 30.1 Å². The van der Waals surface area contributed by atoms with Crippen molar-refractivity contribution in [3.63, 3.8) is 0 Å². The summed E-state index contributed by atoms with van der Waals surface area (Å²) in [5, 5.41) is 6.54. The van der Waals surface area contributed by atoms with Crippen molar-refractivity contribution in [2.24, 2.45) is 4.99 Å². The number of rotatable bonds is 7. The topological polar surface area (TPSA) is 71.7 Å². The molecule has 2 N–H and O–H groups in total. The highest BCUT2D eigenvalue weighted by Gasteiger charge is 2.07. The third-order valence-electron chi connectivity index (χ3n) is 3.99. The van der Waals surface area contributed by atoms with Crippen LogP contribution in [0.15, 0.2) is 70.3 Å². The molecule has 3 rings (SSSR count). The minimum absolute atomic E-state index is 0. The minimum atomic E-state index is 0. The van der Waals surface area contributed by atoms with Crippen molar-refractivity contribution in [2.75, 3.05) is 7.05 Å². The number of oxazole rings is 1. The van der Waals surface area contributed by atoms with Gasteiger partial charge in [0, 0.05) is 19.2 Å². The molecule has 0 spiro atoms. The highest BCUT2D eigenvalue weighted by molar-refractivity contribution is 14.0. The molecule has 1 aromatic heterocycles. The quantitative estimate of drug-likeness (QED) is 0.278. The smallest absolute Gasteiger partial charge is 0.226 e. The van der Waals surface area contributed by atoms with Crippen LogP contribution in [0.5, 0.6) is 5.75 Å². The largest absolute Gasteiger partial charge is 0.491 e. The number of ether oxygens (including phenoxy) is 1. The summed E-state index contributed by atoms with van der Waals surface area (Å²) in [7, 11) is 1.74. The number of nitrogens with one attached hydrogen (secondary N) is 2. The van der Waals surface area contributed by atoms with E-state index in [1.54, 1.807) is 13.3 Å². The van der Waals surface area contributed by atoms with Gasteiger partial charge in [0.05, 0.1) is 18.3 Å². The molecule has 2 aromatic carbocycles. The predicted molar refractivity (Wildman–Crippen MR) is 127 cm³/mol. The van der Waals surface area contributed by atoms with E-state index in [1.807, 2.05) is 68.4 Å². The standard InChI is InChI=1S/C22H26N4O2.HI/c1-16(2)28-20-11-9-17(10-12-20)13-24-22(23-3)25-14-19-15-27-21(26-19)18-7-5-4-6-8-18;/h4-12,15-16H,13-14H2,1-3H3,(H2,23,24,25);1H. The van der Waals surface area contributed by atoms with E-state index in [2.05, 4.69) is 20.6 Å². The number of aromatic nitrogens is 1. The van der Waals surface area contributed by atoms with Crippen molar-refractivity contribution >= 4 is 29.9 Å².